The van der Waals surface area contributed by atoms with Crippen LogP contribution in [0, 0.1) is 5.92 Å². The zero-order valence-corrected chi connectivity index (χ0v) is 12.6. The average Bonchev–Trinajstić information content (AvgIpc) is 2.71. The van der Waals surface area contributed by atoms with E-state index in [0.29, 0.717) is 0 Å². The Hall–Kier alpha value is -0.830. The van der Waals surface area contributed by atoms with E-state index in [2.05, 4.69) is 33.0 Å². The Morgan fingerprint density at radius 1 is 1.56 bits per heavy atom. The zero-order valence-electron chi connectivity index (χ0n) is 11.8. The summed E-state index contributed by atoms with van der Waals surface area (Å²) in [5.41, 5.74) is 2.11. The normalized spacial score (nSPS) is 19.4. The highest BCUT2D eigenvalue weighted by molar-refractivity contribution is 7.10. The minimum Gasteiger partial charge on any atom is -0.347 e. The molecular formula is C15H23NOS. The highest BCUT2D eigenvalue weighted by Gasteiger charge is 2.25. The van der Waals surface area contributed by atoms with Crippen LogP contribution in [0.2, 0.25) is 0 Å². The van der Waals surface area contributed by atoms with Crippen molar-refractivity contribution < 1.29 is 4.79 Å². The second-order valence-electron chi connectivity index (χ2n) is 6.09. The van der Waals surface area contributed by atoms with Gasteiger partial charge in [-0.05, 0) is 51.0 Å². The van der Waals surface area contributed by atoms with Gasteiger partial charge in [0, 0.05) is 15.8 Å². The van der Waals surface area contributed by atoms with Crippen LogP contribution < -0.4 is 5.32 Å². The van der Waals surface area contributed by atoms with Crippen LogP contribution in [-0.4, -0.2) is 11.4 Å². The first-order valence-electron chi connectivity index (χ1n) is 6.84. The Morgan fingerprint density at radius 2 is 2.28 bits per heavy atom. The van der Waals surface area contributed by atoms with Crippen molar-refractivity contribution in [3.8, 4) is 0 Å². The molecule has 0 fully saturated rings. The molecule has 0 radical (unpaired) electrons. The summed E-state index contributed by atoms with van der Waals surface area (Å²) in [6, 6.07) is 0. The lowest BCUT2D eigenvalue weighted by molar-refractivity contribution is 0.0910. The highest BCUT2D eigenvalue weighted by Crippen LogP contribution is 2.33. The third-order valence-corrected chi connectivity index (χ3v) is 5.03. The van der Waals surface area contributed by atoms with Gasteiger partial charge in [0.05, 0.1) is 5.56 Å². The van der Waals surface area contributed by atoms with Crippen molar-refractivity contribution in [3.05, 3.63) is 21.4 Å². The maximum absolute atomic E-state index is 12.3. The van der Waals surface area contributed by atoms with Crippen LogP contribution in [-0.2, 0) is 12.8 Å². The Balaban J connectivity index is 2.17. The van der Waals surface area contributed by atoms with E-state index in [9.17, 15) is 4.79 Å². The van der Waals surface area contributed by atoms with Crippen LogP contribution in [0.4, 0.5) is 0 Å². The van der Waals surface area contributed by atoms with Crippen LogP contribution in [0.1, 0.15) is 61.3 Å². The fraction of sp³-hybridized carbons (Fsp3) is 0.667. The monoisotopic (exact) mass is 265 g/mol. The van der Waals surface area contributed by atoms with Gasteiger partial charge in [-0.2, -0.15) is 0 Å². The van der Waals surface area contributed by atoms with E-state index in [-0.39, 0.29) is 11.4 Å². The topological polar surface area (TPSA) is 29.1 Å². The van der Waals surface area contributed by atoms with E-state index >= 15 is 0 Å². The van der Waals surface area contributed by atoms with E-state index in [4.69, 9.17) is 0 Å². The zero-order chi connectivity index (χ0) is 13.3. The molecule has 1 N–H and O–H groups in total. The molecule has 0 saturated carbocycles. The van der Waals surface area contributed by atoms with Crippen LogP contribution in [0.3, 0.4) is 0 Å². The standard InChI is InChI=1S/C15H23NOS/c1-5-15(3,4)16-14(17)12-9-18-13-8-10(2)6-7-11(12)13/h9-10H,5-8H2,1-4H3,(H,16,17)/t10-/m1/s1. The SMILES string of the molecule is CCC(C)(C)NC(=O)c1csc2c1CC[C@@H](C)C2. The Bertz CT molecular complexity index is 447. The van der Waals surface area contributed by atoms with E-state index in [1.54, 1.807) is 11.3 Å². The van der Waals surface area contributed by atoms with E-state index in [0.717, 1.165) is 30.7 Å². The van der Waals surface area contributed by atoms with Gasteiger partial charge in [0.25, 0.3) is 5.91 Å². The van der Waals surface area contributed by atoms with Gasteiger partial charge in [-0.3, -0.25) is 4.79 Å². The molecule has 1 heterocycles. The molecule has 0 saturated heterocycles. The maximum atomic E-state index is 12.3. The van der Waals surface area contributed by atoms with Crippen LogP contribution in [0.15, 0.2) is 5.38 Å². The number of amides is 1. The number of rotatable bonds is 3. The van der Waals surface area contributed by atoms with E-state index in [1.165, 1.54) is 16.9 Å². The van der Waals surface area contributed by atoms with Gasteiger partial charge in [0.1, 0.15) is 0 Å². The van der Waals surface area contributed by atoms with Gasteiger partial charge < -0.3 is 5.32 Å². The van der Waals surface area contributed by atoms with Crippen LogP contribution >= 0.6 is 11.3 Å². The molecule has 3 heteroatoms. The second-order valence-corrected chi connectivity index (χ2v) is 7.05. The summed E-state index contributed by atoms with van der Waals surface area (Å²) in [5.74, 6) is 0.869. The number of hydrogen-bond acceptors (Lipinski definition) is 2. The third-order valence-electron chi connectivity index (χ3n) is 3.98. The van der Waals surface area contributed by atoms with Gasteiger partial charge in [0.15, 0.2) is 0 Å². The Kier molecular flexibility index (Phi) is 3.81. The first kappa shape index (κ1) is 13.6. The molecule has 2 rings (SSSR count). The summed E-state index contributed by atoms with van der Waals surface area (Å²) >= 11 is 1.76. The minimum atomic E-state index is -0.117. The van der Waals surface area contributed by atoms with Crippen molar-refractivity contribution in [2.45, 2.75) is 58.9 Å². The number of thiophene rings is 1. The quantitative estimate of drug-likeness (QED) is 0.885. The lowest BCUT2D eigenvalue weighted by Gasteiger charge is -2.25. The third kappa shape index (κ3) is 2.77. The number of nitrogens with one attached hydrogen (secondary N) is 1. The summed E-state index contributed by atoms with van der Waals surface area (Å²) in [6.45, 7) is 8.55. The summed E-state index contributed by atoms with van der Waals surface area (Å²) < 4.78 is 0. The highest BCUT2D eigenvalue weighted by atomic mass is 32.1. The molecule has 0 bridgehead atoms. The molecule has 1 amide bonds. The van der Waals surface area contributed by atoms with Crippen molar-refractivity contribution in [1.29, 1.82) is 0 Å². The van der Waals surface area contributed by atoms with Gasteiger partial charge in [-0.15, -0.1) is 11.3 Å². The number of carbonyl (C=O) groups excluding carboxylic acids is 1. The molecule has 0 unspecified atom stereocenters. The maximum Gasteiger partial charge on any atom is 0.252 e. The lowest BCUT2D eigenvalue weighted by atomic mass is 9.88. The van der Waals surface area contributed by atoms with E-state index in [1.807, 2.05) is 5.38 Å². The molecule has 0 spiro atoms. The summed E-state index contributed by atoms with van der Waals surface area (Å²) in [6.07, 6.45) is 4.36. The van der Waals surface area contributed by atoms with Crippen molar-refractivity contribution in [2.24, 2.45) is 5.92 Å². The molecular weight excluding hydrogens is 242 g/mol. The van der Waals surface area contributed by atoms with E-state index < -0.39 is 0 Å². The molecule has 0 aliphatic heterocycles. The fourth-order valence-corrected chi connectivity index (χ4v) is 3.58. The summed E-state index contributed by atoms with van der Waals surface area (Å²) in [4.78, 5) is 13.8. The summed E-state index contributed by atoms with van der Waals surface area (Å²) in [7, 11) is 0. The van der Waals surface area contributed by atoms with Crippen molar-refractivity contribution in [1.82, 2.24) is 5.32 Å². The minimum absolute atomic E-state index is 0.105. The Morgan fingerprint density at radius 3 is 2.94 bits per heavy atom. The molecule has 100 valence electrons. The van der Waals surface area contributed by atoms with Crippen LogP contribution in [0.25, 0.3) is 0 Å². The van der Waals surface area contributed by atoms with Crippen molar-refractivity contribution >= 4 is 17.2 Å². The Labute approximate surface area is 114 Å². The van der Waals surface area contributed by atoms with Crippen molar-refractivity contribution in [3.63, 3.8) is 0 Å². The largest absolute Gasteiger partial charge is 0.347 e. The molecule has 1 aliphatic carbocycles. The predicted molar refractivity (Wildman–Crippen MR) is 77.3 cm³/mol. The first-order chi connectivity index (χ1) is 8.43. The molecule has 18 heavy (non-hydrogen) atoms. The molecule has 1 atom stereocenters. The number of carbonyl (C=O) groups is 1. The molecule has 0 aromatic carbocycles. The molecule has 2 nitrogen and oxygen atoms in total. The molecule has 1 aromatic rings. The van der Waals surface area contributed by atoms with Crippen LogP contribution in [0.5, 0.6) is 0 Å². The number of hydrogen-bond donors (Lipinski definition) is 1. The van der Waals surface area contributed by atoms with Crippen molar-refractivity contribution in [2.75, 3.05) is 0 Å². The summed E-state index contributed by atoms with van der Waals surface area (Å²) in [5, 5.41) is 5.18. The molecule has 1 aromatic heterocycles. The first-order valence-corrected chi connectivity index (χ1v) is 7.72. The van der Waals surface area contributed by atoms with Gasteiger partial charge in [0.2, 0.25) is 0 Å². The van der Waals surface area contributed by atoms with Gasteiger partial charge in [-0.1, -0.05) is 13.8 Å². The second kappa shape index (κ2) is 5.04. The lowest BCUT2D eigenvalue weighted by Crippen LogP contribution is -2.43. The number of fused-ring (bicyclic) bond motifs is 1. The van der Waals surface area contributed by atoms with Gasteiger partial charge in [-0.25, -0.2) is 0 Å². The smallest absolute Gasteiger partial charge is 0.252 e. The fourth-order valence-electron chi connectivity index (χ4n) is 2.33. The average molecular weight is 265 g/mol. The van der Waals surface area contributed by atoms with Gasteiger partial charge >= 0.3 is 0 Å². The predicted octanol–water partition coefficient (Wildman–Crippen LogP) is 3.79. The molecule has 1 aliphatic rings.